The Morgan fingerprint density at radius 2 is 2.11 bits per heavy atom. The van der Waals surface area contributed by atoms with E-state index in [0.717, 1.165) is 10.0 Å². The van der Waals surface area contributed by atoms with Crippen LogP contribution in [-0.2, 0) is 0 Å². The van der Waals surface area contributed by atoms with Crippen LogP contribution in [-0.4, -0.2) is 15.2 Å². The lowest BCUT2D eigenvalue weighted by Crippen LogP contribution is -1.82. The molecule has 6 heteroatoms. The van der Waals surface area contributed by atoms with Crippen LogP contribution in [0.25, 0.3) is 23.0 Å². The fraction of sp³-hybridized carbons (Fsp3) is 0.0769. The Balaban J connectivity index is 2.06. The van der Waals surface area contributed by atoms with Gasteiger partial charge >= 0.3 is 0 Å². The molecule has 0 amide bonds. The Kier molecular flexibility index (Phi) is 2.87. The molecule has 2 aromatic heterocycles. The fourth-order valence-corrected chi connectivity index (χ4v) is 2.07. The summed E-state index contributed by atoms with van der Waals surface area (Å²) in [7, 11) is 0. The van der Waals surface area contributed by atoms with Gasteiger partial charge in [-0.05, 0) is 36.8 Å². The molecule has 3 rings (SSSR count). The standard InChI is InChI=1S/C13H9BrN2O3/c1-7-4-5-18-11(7)12-15-13(19-16-12)9-6-8(14)2-3-10(9)17/h2-6,17H,1H3. The van der Waals surface area contributed by atoms with Gasteiger partial charge in [0.05, 0.1) is 11.8 Å². The van der Waals surface area contributed by atoms with E-state index in [0.29, 0.717) is 17.1 Å². The molecule has 0 radical (unpaired) electrons. The van der Waals surface area contributed by atoms with Crippen molar-refractivity contribution in [2.45, 2.75) is 6.92 Å². The van der Waals surface area contributed by atoms with Gasteiger partial charge < -0.3 is 14.0 Å². The molecule has 0 spiro atoms. The summed E-state index contributed by atoms with van der Waals surface area (Å²) in [5.74, 6) is 1.24. The van der Waals surface area contributed by atoms with Crippen LogP contribution < -0.4 is 0 Å². The number of benzene rings is 1. The van der Waals surface area contributed by atoms with Gasteiger partial charge in [0.25, 0.3) is 5.89 Å². The van der Waals surface area contributed by atoms with Crippen molar-refractivity contribution in [3.63, 3.8) is 0 Å². The lowest BCUT2D eigenvalue weighted by atomic mass is 10.2. The van der Waals surface area contributed by atoms with Crippen LogP contribution in [0.2, 0.25) is 0 Å². The molecule has 0 aliphatic rings. The minimum Gasteiger partial charge on any atom is -0.507 e. The smallest absolute Gasteiger partial charge is 0.262 e. The number of aromatic nitrogens is 2. The van der Waals surface area contributed by atoms with E-state index in [4.69, 9.17) is 8.94 Å². The molecular weight excluding hydrogens is 312 g/mol. The highest BCUT2D eigenvalue weighted by molar-refractivity contribution is 9.10. The second-order valence-corrected chi connectivity index (χ2v) is 4.93. The first-order valence-electron chi connectivity index (χ1n) is 5.52. The van der Waals surface area contributed by atoms with Crippen molar-refractivity contribution in [2.24, 2.45) is 0 Å². The van der Waals surface area contributed by atoms with E-state index in [1.165, 1.54) is 0 Å². The Hall–Kier alpha value is -2.08. The number of halogens is 1. The molecule has 1 N–H and O–H groups in total. The molecule has 19 heavy (non-hydrogen) atoms. The normalized spacial score (nSPS) is 10.8. The zero-order valence-electron chi connectivity index (χ0n) is 9.92. The van der Waals surface area contributed by atoms with Crippen molar-refractivity contribution < 1.29 is 14.0 Å². The molecule has 0 saturated heterocycles. The highest BCUT2D eigenvalue weighted by atomic mass is 79.9. The molecule has 96 valence electrons. The van der Waals surface area contributed by atoms with Crippen LogP contribution >= 0.6 is 15.9 Å². The molecule has 0 aliphatic heterocycles. The SMILES string of the molecule is Cc1ccoc1-c1noc(-c2cc(Br)ccc2O)n1. The van der Waals surface area contributed by atoms with E-state index in [9.17, 15) is 5.11 Å². The molecule has 2 heterocycles. The maximum absolute atomic E-state index is 9.81. The quantitative estimate of drug-likeness (QED) is 0.778. The Bertz CT molecular complexity index is 733. The lowest BCUT2D eigenvalue weighted by molar-refractivity contribution is 0.423. The van der Waals surface area contributed by atoms with Gasteiger partial charge in [-0.25, -0.2) is 0 Å². The van der Waals surface area contributed by atoms with E-state index in [2.05, 4.69) is 26.1 Å². The number of aromatic hydroxyl groups is 1. The maximum Gasteiger partial charge on any atom is 0.262 e. The van der Waals surface area contributed by atoms with Crippen molar-refractivity contribution >= 4 is 15.9 Å². The van der Waals surface area contributed by atoms with Gasteiger partial charge in [-0.15, -0.1) is 0 Å². The Morgan fingerprint density at radius 3 is 2.84 bits per heavy atom. The number of phenols is 1. The van der Waals surface area contributed by atoms with Gasteiger partial charge in [-0.1, -0.05) is 21.1 Å². The summed E-state index contributed by atoms with van der Waals surface area (Å²) >= 11 is 3.33. The predicted molar refractivity (Wildman–Crippen MR) is 71.5 cm³/mol. The monoisotopic (exact) mass is 320 g/mol. The van der Waals surface area contributed by atoms with E-state index in [1.807, 2.05) is 13.0 Å². The summed E-state index contributed by atoms with van der Waals surface area (Å²) in [6.45, 7) is 1.89. The van der Waals surface area contributed by atoms with Crippen molar-refractivity contribution in [3.8, 4) is 28.8 Å². The largest absolute Gasteiger partial charge is 0.507 e. The summed E-state index contributed by atoms with van der Waals surface area (Å²) < 4.78 is 11.3. The first kappa shape index (κ1) is 12.0. The Morgan fingerprint density at radius 1 is 1.26 bits per heavy atom. The van der Waals surface area contributed by atoms with Gasteiger partial charge in [0.15, 0.2) is 5.76 Å². The molecule has 3 aromatic rings. The summed E-state index contributed by atoms with van der Waals surface area (Å²) in [6, 6.07) is 6.82. The molecule has 0 bridgehead atoms. The summed E-state index contributed by atoms with van der Waals surface area (Å²) in [4.78, 5) is 4.23. The van der Waals surface area contributed by atoms with E-state index in [1.54, 1.807) is 24.5 Å². The maximum atomic E-state index is 9.81. The summed E-state index contributed by atoms with van der Waals surface area (Å²) in [5, 5.41) is 13.7. The second kappa shape index (κ2) is 4.55. The predicted octanol–water partition coefficient (Wildman–Crippen LogP) is 3.77. The highest BCUT2D eigenvalue weighted by Crippen LogP contribution is 2.32. The topological polar surface area (TPSA) is 72.3 Å². The minimum atomic E-state index is 0.0783. The van der Waals surface area contributed by atoms with Crippen LogP contribution in [0.5, 0.6) is 5.75 Å². The summed E-state index contributed by atoms with van der Waals surface area (Å²) in [6.07, 6.45) is 1.57. The number of furan rings is 1. The molecule has 0 aliphatic carbocycles. The average Bonchev–Trinajstić information content (AvgIpc) is 3.00. The molecule has 0 fully saturated rings. The first-order chi connectivity index (χ1) is 9.15. The fourth-order valence-electron chi connectivity index (χ4n) is 1.71. The van der Waals surface area contributed by atoms with Gasteiger partial charge in [-0.3, -0.25) is 0 Å². The molecular formula is C13H9BrN2O3. The van der Waals surface area contributed by atoms with E-state index < -0.39 is 0 Å². The average molecular weight is 321 g/mol. The van der Waals surface area contributed by atoms with Crippen LogP contribution in [0.15, 0.2) is 43.9 Å². The van der Waals surface area contributed by atoms with Crippen molar-refractivity contribution in [3.05, 3.63) is 40.6 Å². The van der Waals surface area contributed by atoms with E-state index in [-0.39, 0.29) is 11.6 Å². The molecule has 0 atom stereocenters. The summed E-state index contributed by atoms with van der Waals surface area (Å²) in [5.41, 5.74) is 1.39. The Labute approximate surface area is 117 Å². The van der Waals surface area contributed by atoms with Crippen LogP contribution in [0, 0.1) is 6.92 Å². The van der Waals surface area contributed by atoms with Gasteiger partial charge in [0.2, 0.25) is 5.82 Å². The number of phenolic OH excluding ortho intramolecular Hbond substituents is 1. The number of rotatable bonds is 2. The zero-order valence-corrected chi connectivity index (χ0v) is 11.5. The lowest BCUT2D eigenvalue weighted by Gasteiger charge is -1.99. The molecule has 1 aromatic carbocycles. The zero-order chi connectivity index (χ0) is 13.4. The third-order valence-electron chi connectivity index (χ3n) is 2.68. The number of nitrogens with zero attached hydrogens (tertiary/aromatic N) is 2. The molecule has 0 saturated carbocycles. The van der Waals surface area contributed by atoms with Gasteiger partial charge in [-0.2, -0.15) is 4.98 Å². The molecule has 5 nitrogen and oxygen atoms in total. The second-order valence-electron chi connectivity index (χ2n) is 4.02. The van der Waals surface area contributed by atoms with Crippen molar-refractivity contribution in [2.75, 3.05) is 0 Å². The van der Waals surface area contributed by atoms with Crippen molar-refractivity contribution in [1.82, 2.24) is 10.1 Å². The third kappa shape index (κ3) is 2.15. The minimum absolute atomic E-state index is 0.0783. The van der Waals surface area contributed by atoms with Gasteiger partial charge in [0.1, 0.15) is 5.75 Å². The van der Waals surface area contributed by atoms with Crippen LogP contribution in [0.4, 0.5) is 0 Å². The third-order valence-corrected chi connectivity index (χ3v) is 3.17. The number of hydrogen-bond acceptors (Lipinski definition) is 5. The highest BCUT2D eigenvalue weighted by Gasteiger charge is 2.17. The van der Waals surface area contributed by atoms with Crippen LogP contribution in [0.1, 0.15) is 5.56 Å². The number of aryl methyl sites for hydroxylation is 1. The van der Waals surface area contributed by atoms with Crippen molar-refractivity contribution in [1.29, 1.82) is 0 Å². The number of hydrogen-bond donors (Lipinski definition) is 1. The van der Waals surface area contributed by atoms with E-state index >= 15 is 0 Å². The van der Waals surface area contributed by atoms with Crippen LogP contribution in [0.3, 0.4) is 0 Å². The molecule has 0 unspecified atom stereocenters. The first-order valence-corrected chi connectivity index (χ1v) is 6.31. The van der Waals surface area contributed by atoms with Gasteiger partial charge in [0, 0.05) is 4.47 Å².